The van der Waals surface area contributed by atoms with Gasteiger partial charge in [0.2, 0.25) is 5.91 Å². The molecule has 4 aliphatic rings. The molecule has 0 radical (unpaired) electrons. The lowest BCUT2D eigenvalue weighted by Crippen LogP contribution is -2.58. The fourth-order valence-corrected chi connectivity index (χ4v) is 9.35. The Morgan fingerprint density at radius 3 is 2.38 bits per heavy atom. The third-order valence-electron chi connectivity index (χ3n) is 11.5. The van der Waals surface area contributed by atoms with E-state index in [-0.39, 0.29) is 34.5 Å². The molecule has 0 spiro atoms. The first kappa shape index (κ1) is 26.7. The second-order valence-corrected chi connectivity index (χ2v) is 13.2. The topological polar surface area (TPSA) is 107 Å². The standard InChI is InChI=1S/C31H45NO5/c1-30-15-13-25-28(26(34)17-22-16-23(33)12-14-31(22,25)2)24(30)11-10-21(30)4-3-5-27(35)32-18-19-6-8-20(9-7-19)29(36)37/h6-9,21-26,28,33-34H,3-5,10-18H2,1-2H3,(H,32,35)(H,36,37)/t21?,22?,23-,24?,25?,26?,28?,30?,31?/m1/s1. The van der Waals surface area contributed by atoms with Crippen LogP contribution in [0.2, 0.25) is 0 Å². The zero-order valence-electron chi connectivity index (χ0n) is 22.5. The van der Waals surface area contributed by atoms with Crippen molar-refractivity contribution < 1.29 is 24.9 Å². The van der Waals surface area contributed by atoms with E-state index in [1.165, 1.54) is 25.7 Å². The summed E-state index contributed by atoms with van der Waals surface area (Å²) in [6.07, 6.45) is 10.5. The number of carboxylic acid groups (broad SMARTS) is 1. The Morgan fingerprint density at radius 1 is 0.946 bits per heavy atom. The lowest BCUT2D eigenvalue weighted by Gasteiger charge is -2.62. The SMILES string of the molecule is CC12CCC3C(C(O)CC4C[C@H](O)CCC43C)C1CCC2CCCC(=O)NCc1ccc(C(=O)O)cc1. The van der Waals surface area contributed by atoms with Crippen LogP contribution in [0.3, 0.4) is 0 Å². The van der Waals surface area contributed by atoms with Crippen molar-refractivity contribution in [3.05, 3.63) is 35.4 Å². The number of aliphatic hydroxyl groups is 2. The van der Waals surface area contributed by atoms with Gasteiger partial charge in [-0.1, -0.05) is 26.0 Å². The first-order valence-corrected chi connectivity index (χ1v) is 14.6. The highest BCUT2D eigenvalue weighted by Gasteiger charge is 2.62. The average Bonchev–Trinajstić information content (AvgIpc) is 3.20. The molecule has 37 heavy (non-hydrogen) atoms. The summed E-state index contributed by atoms with van der Waals surface area (Å²) in [7, 11) is 0. The van der Waals surface area contributed by atoms with Gasteiger partial charge in [0.15, 0.2) is 0 Å². The molecule has 204 valence electrons. The monoisotopic (exact) mass is 511 g/mol. The van der Waals surface area contributed by atoms with Crippen molar-refractivity contribution in [1.29, 1.82) is 0 Å². The number of carboxylic acids is 1. The third kappa shape index (κ3) is 4.96. The second kappa shape index (κ2) is 10.3. The van der Waals surface area contributed by atoms with Crippen LogP contribution in [0.15, 0.2) is 24.3 Å². The summed E-state index contributed by atoms with van der Waals surface area (Å²) in [4.78, 5) is 23.5. The van der Waals surface area contributed by atoms with Crippen LogP contribution in [0, 0.1) is 40.4 Å². The molecule has 0 aromatic heterocycles. The Labute approximate surface area is 221 Å². The maximum absolute atomic E-state index is 12.5. The van der Waals surface area contributed by atoms with Gasteiger partial charge >= 0.3 is 5.97 Å². The maximum Gasteiger partial charge on any atom is 0.335 e. The lowest BCUT2D eigenvalue weighted by molar-refractivity contribution is -0.172. The Kier molecular flexibility index (Phi) is 7.45. The quantitative estimate of drug-likeness (QED) is 0.404. The minimum atomic E-state index is -0.947. The highest BCUT2D eigenvalue weighted by Crippen LogP contribution is 2.67. The van der Waals surface area contributed by atoms with Gasteiger partial charge in [-0.25, -0.2) is 4.79 Å². The minimum Gasteiger partial charge on any atom is -0.478 e. The lowest BCUT2D eigenvalue weighted by atomic mass is 9.44. The van der Waals surface area contributed by atoms with E-state index in [4.69, 9.17) is 5.11 Å². The largest absolute Gasteiger partial charge is 0.478 e. The summed E-state index contributed by atoms with van der Waals surface area (Å²) >= 11 is 0. The van der Waals surface area contributed by atoms with E-state index < -0.39 is 5.97 Å². The summed E-state index contributed by atoms with van der Waals surface area (Å²) in [6.45, 7) is 5.35. The molecule has 0 saturated heterocycles. The molecule has 4 saturated carbocycles. The van der Waals surface area contributed by atoms with Gasteiger partial charge in [-0.05, 0) is 122 Å². The molecule has 0 bridgehead atoms. The highest BCUT2D eigenvalue weighted by molar-refractivity contribution is 5.87. The molecule has 9 atom stereocenters. The van der Waals surface area contributed by atoms with Gasteiger partial charge < -0.3 is 20.6 Å². The number of carbonyl (C=O) groups excluding carboxylic acids is 1. The normalized spacial score (nSPS) is 40.8. The molecule has 4 aliphatic carbocycles. The van der Waals surface area contributed by atoms with E-state index >= 15 is 0 Å². The number of amides is 1. The Morgan fingerprint density at radius 2 is 1.65 bits per heavy atom. The number of hydrogen-bond acceptors (Lipinski definition) is 4. The van der Waals surface area contributed by atoms with E-state index in [0.717, 1.165) is 44.1 Å². The average molecular weight is 512 g/mol. The summed E-state index contributed by atoms with van der Waals surface area (Å²) in [5, 5.41) is 33.7. The Hall–Kier alpha value is -1.92. The zero-order chi connectivity index (χ0) is 26.4. The molecule has 0 heterocycles. The number of nitrogens with one attached hydrogen (secondary N) is 1. The predicted molar refractivity (Wildman–Crippen MR) is 142 cm³/mol. The van der Waals surface area contributed by atoms with Crippen LogP contribution in [0.1, 0.15) is 100 Å². The van der Waals surface area contributed by atoms with Crippen molar-refractivity contribution in [2.24, 2.45) is 40.4 Å². The van der Waals surface area contributed by atoms with Crippen LogP contribution in [0.5, 0.6) is 0 Å². The number of carbonyl (C=O) groups is 2. The molecule has 1 amide bonds. The zero-order valence-corrected chi connectivity index (χ0v) is 22.5. The minimum absolute atomic E-state index is 0.0480. The molecule has 8 unspecified atom stereocenters. The first-order chi connectivity index (χ1) is 17.6. The number of benzene rings is 1. The van der Waals surface area contributed by atoms with E-state index in [0.29, 0.717) is 42.6 Å². The van der Waals surface area contributed by atoms with E-state index in [1.807, 2.05) is 0 Å². The molecule has 1 aromatic carbocycles. The molecule has 4 fully saturated rings. The van der Waals surface area contributed by atoms with E-state index in [1.54, 1.807) is 24.3 Å². The van der Waals surface area contributed by atoms with Crippen LogP contribution in [-0.2, 0) is 11.3 Å². The summed E-state index contributed by atoms with van der Waals surface area (Å²) in [5.74, 6) is 1.68. The molecular formula is C31H45NO5. The molecular weight excluding hydrogens is 466 g/mol. The molecule has 6 nitrogen and oxygen atoms in total. The molecule has 1 aromatic rings. The molecule has 6 heteroatoms. The van der Waals surface area contributed by atoms with Crippen molar-refractivity contribution in [3.8, 4) is 0 Å². The summed E-state index contributed by atoms with van der Waals surface area (Å²) in [5.41, 5.74) is 1.66. The Bertz CT molecular complexity index is 994. The Balaban J connectivity index is 1.14. The first-order valence-electron chi connectivity index (χ1n) is 14.6. The molecule has 5 rings (SSSR count). The van der Waals surface area contributed by atoms with Gasteiger partial charge in [-0.15, -0.1) is 0 Å². The predicted octanol–water partition coefficient (Wildman–Crippen LogP) is 5.16. The van der Waals surface area contributed by atoms with Gasteiger partial charge in [-0.3, -0.25) is 4.79 Å². The number of aromatic carboxylic acids is 1. The maximum atomic E-state index is 12.5. The number of aliphatic hydroxyl groups excluding tert-OH is 2. The molecule has 4 N–H and O–H groups in total. The van der Waals surface area contributed by atoms with Crippen LogP contribution in [0.4, 0.5) is 0 Å². The fraction of sp³-hybridized carbons (Fsp3) is 0.742. The molecule has 0 aliphatic heterocycles. The fourth-order valence-electron chi connectivity index (χ4n) is 9.35. The van der Waals surface area contributed by atoms with E-state index in [9.17, 15) is 19.8 Å². The van der Waals surface area contributed by atoms with Crippen molar-refractivity contribution in [2.45, 2.75) is 103 Å². The van der Waals surface area contributed by atoms with Crippen molar-refractivity contribution in [3.63, 3.8) is 0 Å². The van der Waals surface area contributed by atoms with Gasteiger partial charge in [0, 0.05) is 13.0 Å². The van der Waals surface area contributed by atoms with Gasteiger partial charge in [0.05, 0.1) is 17.8 Å². The number of rotatable bonds is 7. The van der Waals surface area contributed by atoms with Gasteiger partial charge in [-0.2, -0.15) is 0 Å². The van der Waals surface area contributed by atoms with Crippen molar-refractivity contribution >= 4 is 11.9 Å². The highest BCUT2D eigenvalue weighted by atomic mass is 16.4. The summed E-state index contributed by atoms with van der Waals surface area (Å²) in [6, 6.07) is 6.63. The smallest absolute Gasteiger partial charge is 0.335 e. The van der Waals surface area contributed by atoms with Crippen LogP contribution in [-0.4, -0.2) is 39.4 Å². The van der Waals surface area contributed by atoms with Crippen LogP contribution >= 0.6 is 0 Å². The van der Waals surface area contributed by atoms with Crippen molar-refractivity contribution in [2.75, 3.05) is 0 Å². The number of hydrogen-bond donors (Lipinski definition) is 4. The second-order valence-electron chi connectivity index (χ2n) is 13.2. The summed E-state index contributed by atoms with van der Waals surface area (Å²) < 4.78 is 0. The third-order valence-corrected chi connectivity index (χ3v) is 11.5. The van der Waals surface area contributed by atoms with Crippen molar-refractivity contribution in [1.82, 2.24) is 5.32 Å². The number of fused-ring (bicyclic) bond motifs is 5. The van der Waals surface area contributed by atoms with Gasteiger partial charge in [0.1, 0.15) is 0 Å². The van der Waals surface area contributed by atoms with E-state index in [2.05, 4.69) is 19.2 Å². The van der Waals surface area contributed by atoms with Gasteiger partial charge in [0.25, 0.3) is 0 Å². The van der Waals surface area contributed by atoms with Crippen LogP contribution < -0.4 is 5.32 Å². The van der Waals surface area contributed by atoms with Crippen LogP contribution in [0.25, 0.3) is 0 Å².